The maximum atomic E-state index is 13.0. The normalized spacial score (nSPS) is 11.1. The van der Waals surface area contributed by atoms with E-state index >= 15 is 0 Å². The van der Waals surface area contributed by atoms with Crippen LogP contribution in [0.1, 0.15) is 0 Å². The van der Waals surface area contributed by atoms with Gasteiger partial charge in [0.25, 0.3) is 0 Å². The highest BCUT2D eigenvalue weighted by molar-refractivity contribution is 7.19. The van der Waals surface area contributed by atoms with Crippen molar-refractivity contribution in [1.29, 1.82) is 0 Å². The number of nitrogen functional groups attached to an aromatic ring is 1. The van der Waals surface area contributed by atoms with E-state index in [0.29, 0.717) is 4.96 Å². The van der Waals surface area contributed by atoms with Gasteiger partial charge < -0.3 is 5.73 Å². The second kappa shape index (κ2) is 3.24. The maximum absolute atomic E-state index is 13.0. The fraction of sp³-hybridized carbons (Fsp3) is 0. The van der Waals surface area contributed by atoms with Gasteiger partial charge in [-0.25, -0.2) is 4.39 Å². The summed E-state index contributed by atoms with van der Waals surface area (Å²) in [6, 6.07) is 4.52. The first-order chi connectivity index (χ1) is 7.74. The molecule has 0 aliphatic carbocycles. The largest absolute Gasteiger partial charge is 0.396 e. The molecule has 1 aromatic carbocycles. The molecule has 2 heterocycles. The molecular formula is C9H6FN5S. The third-order valence-electron chi connectivity index (χ3n) is 2.13. The standard InChI is InChI=1S/C9H6FN5S/c10-6-2-1-5(3-7(6)11)8-14-15-4-12-13-9(15)16-8/h1-4H,11H2. The molecule has 0 atom stereocenters. The molecule has 3 rings (SSSR count). The summed E-state index contributed by atoms with van der Waals surface area (Å²) in [5.74, 6) is -0.424. The Kier molecular flexibility index (Phi) is 1.87. The van der Waals surface area contributed by atoms with Crippen molar-refractivity contribution in [3.8, 4) is 10.6 Å². The molecule has 80 valence electrons. The molecule has 0 aliphatic heterocycles. The van der Waals surface area contributed by atoms with Crippen LogP contribution in [0.25, 0.3) is 15.5 Å². The van der Waals surface area contributed by atoms with Crippen molar-refractivity contribution in [3.63, 3.8) is 0 Å². The van der Waals surface area contributed by atoms with E-state index in [9.17, 15) is 4.39 Å². The van der Waals surface area contributed by atoms with Crippen LogP contribution in [-0.2, 0) is 0 Å². The van der Waals surface area contributed by atoms with Crippen molar-refractivity contribution in [2.24, 2.45) is 0 Å². The van der Waals surface area contributed by atoms with E-state index in [1.54, 1.807) is 16.6 Å². The van der Waals surface area contributed by atoms with Crippen LogP contribution in [0, 0.1) is 5.82 Å². The van der Waals surface area contributed by atoms with Crippen molar-refractivity contribution >= 4 is 22.0 Å². The van der Waals surface area contributed by atoms with E-state index < -0.39 is 5.82 Å². The lowest BCUT2D eigenvalue weighted by Gasteiger charge is -1.98. The van der Waals surface area contributed by atoms with Gasteiger partial charge in [0.15, 0.2) is 0 Å². The Morgan fingerprint density at radius 3 is 3.00 bits per heavy atom. The van der Waals surface area contributed by atoms with Crippen LogP contribution < -0.4 is 5.73 Å². The van der Waals surface area contributed by atoms with E-state index in [1.165, 1.54) is 23.7 Å². The first-order valence-electron chi connectivity index (χ1n) is 4.46. The molecule has 0 fully saturated rings. The molecule has 7 heteroatoms. The SMILES string of the molecule is Nc1cc(-c2nn3cnnc3s2)ccc1F. The Morgan fingerprint density at radius 1 is 1.38 bits per heavy atom. The van der Waals surface area contributed by atoms with Gasteiger partial charge in [0, 0.05) is 5.56 Å². The number of fused-ring (bicyclic) bond motifs is 1. The van der Waals surface area contributed by atoms with Crippen LogP contribution in [0.3, 0.4) is 0 Å². The Labute approximate surface area is 93.3 Å². The van der Waals surface area contributed by atoms with E-state index in [1.807, 2.05) is 0 Å². The van der Waals surface area contributed by atoms with Gasteiger partial charge in [-0.15, -0.1) is 10.2 Å². The highest BCUT2D eigenvalue weighted by Crippen LogP contribution is 2.26. The first-order valence-corrected chi connectivity index (χ1v) is 5.28. The molecule has 3 aromatic rings. The van der Waals surface area contributed by atoms with Gasteiger partial charge >= 0.3 is 0 Å². The summed E-state index contributed by atoms with van der Waals surface area (Å²) in [5, 5.41) is 12.6. The number of aromatic nitrogens is 4. The first kappa shape index (κ1) is 9.22. The van der Waals surface area contributed by atoms with Crippen molar-refractivity contribution in [1.82, 2.24) is 19.8 Å². The highest BCUT2D eigenvalue weighted by Gasteiger charge is 2.09. The molecule has 2 aromatic heterocycles. The van der Waals surface area contributed by atoms with Crippen molar-refractivity contribution < 1.29 is 4.39 Å². The van der Waals surface area contributed by atoms with Gasteiger partial charge in [0.2, 0.25) is 4.96 Å². The minimum atomic E-state index is -0.424. The Balaban J connectivity index is 2.15. The van der Waals surface area contributed by atoms with Crippen LogP contribution in [0.2, 0.25) is 0 Å². The van der Waals surface area contributed by atoms with Gasteiger partial charge in [-0.1, -0.05) is 11.3 Å². The van der Waals surface area contributed by atoms with Crippen molar-refractivity contribution in [2.45, 2.75) is 0 Å². The Hall–Kier alpha value is -2.02. The number of halogens is 1. The molecule has 0 saturated heterocycles. The van der Waals surface area contributed by atoms with Gasteiger partial charge in [0.05, 0.1) is 5.69 Å². The average molecular weight is 235 g/mol. The second-order valence-electron chi connectivity index (χ2n) is 3.20. The van der Waals surface area contributed by atoms with E-state index in [0.717, 1.165) is 10.6 Å². The lowest BCUT2D eigenvalue weighted by atomic mass is 10.2. The maximum Gasteiger partial charge on any atom is 0.234 e. The van der Waals surface area contributed by atoms with Gasteiger partial charge in [-0.3, -0.25) is 0 Å². The molecule has 0 radical (unpaired) electrons. The summed E-state index contributed by atoms with van der Waals surface area (Å²) in [4.78, 5) is 0.692. The summed E-state index contributed by atoms with van der Waals surface area (Å²) in [6.07, 6.45) is 1.52. The van der Waals surface area contributed by atoms with Crippen LogP contribution in [0.4, 0.5) is 10.1 Å². The number of benzene rings is 1. The molecule has 0 amide bonds. The molecule has 0 aliphatic rings. The number of hydrogen-bond acceptors (Lipinski definition) is 5. The lowest BCUT2D eigenvalue weighted by Crippen LogP contribution is -1.91. The lowest BCUT2D eigenvalue weighted by molar-refractivity contribution is 0.632. The minimum Gasteiger partial charge on any atom is -0.396 e. The summed E-state index contributed by atoms with van der Waals surface area (Å²) in [7, 11) is 0. The predicted octanol–water partition coefficient (Wildman–Crippen LogP) is 1.57. The molecule has 0 bridgehead atoms. The second-order valence-corrected chi connectivity index (χ2v) is 4.16. The van der Waals surface area contributed by atoms with Gasteiger partial charge in [-0.2, -0.15) is 9.61 Å². The van der Waals surface area contributed by atoms with E-state index in [4.69, 9.17) is 5.73 Å². The number of nitrogens with zero attached hydrogens (tertiary/aromatic N) is 4. The molecular weight excluding hydrogens is 229 g/mol. The third kappa shape index (κ3) is 1.33. The van der Waals surface area contributed by atoms with Crippen molar-refractivity contribution in [3.05, 3.63) is 30.3 Å². The summed E-state index contributed by atoms with van der Waals surface area (Å²) >= 11 is 1.37. The fourth-order valence-electron chi connectivity index (χ4n) is 1.35. The van der Waals surface area contributed by atoms with Crippen LogP contribution in [-0.4, -0.2) is 19.8 Å². The topological polar surface area (TPSA) is 69.1 Å². The summed E-state index contributed by atoms with van der Waals surface area (Å²) in [5.41, 5.74) is 6.38. The van der Waals surface area contributed by atoms with Crippen molar-refractivity contribution in [2.75, 3.05) is 5.73 Å². The van der Waals surface area contributed by atoms with Crippen LogP contribution >= 0.6 is 11.3 Å². The molecule has 0 unspecified atom stereocenters. The number of hydrogen-bond donors (Lipinski definition) is 1. The quantitative estimate of drug-likeness (QED) is 0.650. The Bertz CT molecular complexity index is 630. The number of nitrogens with two attached hydrogens (primary N) is 1. The van der Waals surface area contributed by atoms with E-state index in [2.05, 4.69) is 15.3 Å². The number of rotatable bonds is 1. The predicted molar refractivity (Wildman–Crippen MR) is 58.5 cm³/mol. The zero-order chi connectivity index (χ0) is 11.1. The third-order valence-corrected chi connectivity index (χ3v) is 3.09. The Morgan fingerprint density at radius 2 is 2.25 bits per heavy atom. The molecule has 5 nitrogen and oxygen atoms in total. The number of anilines is 1. The monoisotopic (exact) mass is 235 g/mol. The van der Waals surface area contributed by atoms with Crippen LogP contribution in [0.15, 0.2) is 24.5 Å². The summed E-state index contributed by atoms with van der Waals surface area (Å²) < 4.78 is 14.6. The summed E-state index contributed by atoms with van der Waals surface area (Å²) in [6.45, 7) is 0. The van der Waals surface area contributed by atoms with Gasteiger partial charge in [-0.05, 0) is 18.2 Å². The van der Waals surface area contributed by atoms with E-state index in [-0.39, 0.29) is 5.69 Å². The molecule has 0 saturated carbocycles. The fourth-order valence-corrected chi connectivity index (χ4v) is 2.17. The van der Waals surface area contributed by atoms with Crippen LogP contribution in [0.5, 0.6) is 0 Å². The molecule has 0 spiro atoms. The average Bonchev–Trinajstić information content (AvgIpc) is 2.81. The zero-order valence-corrected chi connectivity index (χ0v) is 8.78. The minimum absolute atomic E-state index is 0.114. The zero-order valence-electron chi connectivity index (χ0n) is 7.96. The smallest absolute Gasteiger partial charge is 0.234 e. The molecule has 2 N–H and O–H groups in total. The highest BCUT2D eigenvalue weighted by atomic mass is 32.1. The molecule has 16 heavy (non-hydrogen) atoms. The van der Waals surface area contributed by atoms with Gasteiger partial charge in [0.1, 0.15) is 17.2 Å².